The molecule has 0 bridgehead atoms. The van der Waals surface area contributed by atoms with E-state index in [-0.39, 0.29) is 0 Å². The van der Waals surface area contributed by atoms with Crippen LogP contribution in [-0.2, 0) is 14.3 Å². The van der Waals surface area contributed by atoms with Crippen LogP contribution in [0, 0.1) is 5.92 Å². The van der Waals surface area contributed by atoms with Gasteiger partial charge in [0.05, 0.1) is 13.1 Å². The van der Waals surface area contributed by atoms with E-state index in [4.69, 9.17) is 4.74 Å². The molecule has 0 aliphatic carbocycles. The van der Waals surface area contributed by atoms with E-state index in [1.54, 1.807) is 7.11 Å². The standard InChI is InChI=1S/C31H64N2O.C20H41NO.C9H19NO/c1-4-7-10-13-16-19-22-25-32(26-23-20-17-14-11-8-5-2)28-29-33(30-31-34)27-24-21-18-15-12-9-6-3;1-3-5-7-9-11-13-15-17-21(19-20-22)18-16-14-12-10-8-6-4-2;1-10-6-3-9(4-7-10)5-8-11-2/h31H,4-30H2,1-3H3;20H,3-19H2,1-2H3;9H,3-8H2,1-2H3. The predicted octanol–water partition coefficient (Wildman–Crippen LogP) is 16.4. The molecule has 1 heterocycles. The van der Waals surface area contributed by atoms with E-state index in [0.717, 1.165) is 57.8 Å². The molecule has 0 N–H and O–H groups in total. The first kappa shape index (κ1) is 68.2. The second-order valence-corrected chi connectivity index (χ2v) is 20.9. The zero-order valence-electron chi connectivity index (χ0n) is 47.1. The van der Waals surface area contributed by atoms with Crippen molar-refractivity contribution in [3.05, 3.63) is 0 Å². The summed E-state index contributed by atoms with van der Waals surface area (Å²) in [6.07, 6.45) is 53.8. The number of methoxy groups -OCH3 is 1. The summed E-state index contributed by atoms with van der Waals surface area (Å²) in [5.74, 6) is 0.922. The SMILES string of the molecule is CCCCCCCCCN(CC=O)CCCCCCCCC.CCCCCCCCCN(CC=O)CCN(CCCCCCCCC)CCCCCCCCC.COCCC1CCN(C)CC1. The quantitative estimate of drug-likeness (QED) is 0.0445. The fourth-order valence-electron chi connectivity index (χ4n) is 9.52. The monoisotopic (exact) mass is 949 g/mol. The number of carbonyl (C=O) groups is 2. The lowest BCUT2D eigenvalue weighted by molar-refractivity contribution is -0.109. The van der Waals surface area contributed by atoms with Crippen molar-refractivity contribution < 1.29 is 14.3 Å². The molecule has 0 aromatic rings. The molecular weight excluding hydrogens is 825 g/mol. The van der Waals surface area contributed by atoms with Crippen molar-refractivity contribution in [3.63, 3.8) is 0 Å². The largest absolute Gasteiger partial charge is 0.385 e. The Morgan fingerprint density at radius 3 is 0.925 bits per heavy atom. The van der Waals surface area contributed by atoms with E-state index in [1.165, 1.54) is 270 Å². The molecule has 1 aliphatic rings. The summed E-state index contributed by atoms with van der Waals surface area (Å²) in [5, 5.41) is 0. The first-order valence-corrected chi connectivity index (χ1v) is 30.2. The second-order valence-electron chi connectivity index (χ2n) is 20.9. The van der Waals surface area contributed by atoms with Gasteiger partial charge in [-0.05, 0) is 110 Å². The van der Waals surface area contributed by atoms with E-state index in [9.17, 15) is 9.59 Å². The van der Waals surface area contributed by atoms with E-state index in [2.05, 4.69) is 61.3 Å². The van der Waals surface area contributed by atoms with Gasteiger partial charge in [-0.3, -0.25) is 9.80 Å². The Labute approximate surface area is 422 Å². The minimum atomic E-state index is 0.610. The third-order valence-electron chi connectivity index (χ3n) is 14.4. The van der Waals surface area contributed by atoms with Crippen LogP contribution in [0.1, 0.15) is 279 Å². The number of unbranched alkanes of at least 4 members (excludes halogenated alkanes) is 30. The zero-order chi connectivity index (χ0) is 49.4. The zero-order valence-corrected chi connectivity index (χ0v) is 47.1. The molecule has 7 nitrogen and oxygen atoms in total. The number of hydrogen-bond acceptors (Lipinski definition) is 7. The number of carbonyl (C=O) groups excluding carboxylic acids is 2. The van der Waals surface area contributed by atoms with Crippen molar-refractivity contribution >= 4 is 12.6 Å². The van der Waals surface area contributed by atoms with Crippen LogP contribution in [0.4, 0.5) is 0 Å². The van der Waals surface area contributed by atoms with Crippen LogP contribution in [0.3, 0.4) is 0 Å². The highest BCUT2D eigenvalue weighted by molar-refractivity contribution is 5.52. The minimum absolute atomic E-state index is 0.610. The van der Waals surface area contributed by atoms with E-state index < -0.39 is 0 Å². The Balaban J connectivity index is 0. The number of aldehydes is 2. The van der Waals surface area contributed by atoms with Crippen LogP contribution in [0.25, 0.3) is 0 Å². The minimum Gasteiger partial charge on any atom is -0.385 e. The number of likely N-dealkylation sites (tertiary alicyclic amines) is 1. The maximum absolute atomic E-state index is 11.2. The molecule has 0 radical (unpaired) electrons. The fourth-order valence-corrected chi connectivity index (χ4v) is 9.52. The fraction of sp³-hybridized carbons (Fsp3) is 0.967. The number of ether oxygens (including phenoxy) is 1. The van der Waals surface area contributed by atoms with E-state index in [1.807, 2.05) is 0 Å². The summed E-state index contributed by atoms with van der Waals surface area (Å²) >= 11 is 0. The number of rotatable bonds is 50. The first-order valence-electron chi connectivity index (χ1n) is 30.2. The molecule has 67 heavy (non-hydrogen) atoms. The highest BCUT2D eigenvalue weighted by Crippen LogP contribution is 2.19. The summed E-state index contributed by atoms with van der Waals surface area (Å²) in [5.41, 5.74) is 0. The van der Waals surface area contributed by atoms with Gasteiger partial charge in [0.25, 0.3) is 0 Å². The van der Waals surface area contributed by atoms with Crippen molar-refractivity contribution in [3.8, 4) is 0 Å². The smallest absolute Gasteiger partial charge is 0.133 e. The molecule has 1 aliphatic heterocycles. The van der Waals surface area contributed by atoms with E-state index in [0.29, 0.717) is 13.1 Å². The number of piperidine rings is 1. The van der Waals surface area contributed by atoms with Crippen LogP contribution < -0.4 is 0 Å². The summed E-state index contributed by atoms with van der Waals surface area (Å²) in [7, 11) is 3.99. The molecule has 1 rings (SSSR count). The summed E-state index contributed by atoms with van der Waals surface area (Å²) < 4.78 is 5.06. The highest BCUT2D eigenvalue weighted by Gasteiger charge is 2.16. The summed E-state index contributed by atoms with van der Waals surface area (Å²) in [4.78, 5) is 31.9. The van der Waals surface area contributed by atoms with Crippen molar-refractivity contribution in [1.29, 1.82) is 0 Å². The van der Waals surface area contributed by atoms with Gasteiger partial charge in [-0.1, -0.05) is 227 Å². The Morgan fingerprint density at radius 1 is 0.388 bits per heavy atom. The average Bonchev–Trinajstić information content (AvgIpc) is 3.34. The second kappa shape index (κ2) is 59.4. The molecule has 402 valence electrons. The van der Waals surface area contributed by atoms with Crippen LogP contribution in [0.2, 0.25) is 0 Å². The Hall–Kier alpha value is -0.860. The van der Waals surface area contributed by atoms with Crippen LogP contribution in [0.5, 0.6) is 0 Å². The van der Waals surface area contributed by atoms with Gasteiger partial charge in [0.1, 0.15) is 12.6 Å². The molecule has 0 amide bonds. The summed E-state index contributed by atoms with van der Waals surface area (Å²) in [6.45, 7) is 24.1. The molecule has 0 aromatic heterocycles. The first-order chi connectivity index (χ1) is 32.9. The molecule has 0 spiro atoms. The predicted molar refractivity (Wildman–Crippen MR) is 298 cm³/mol. The molecule has 1 saturated heterocycles. The molecular formula is C60H124N4O3. The van der Waals surface area contributed by atoms with Gasteiger partial charge >= 0.3 is 0 Å². The third-order valence-corrected chi connectivity index (χ3v) is 14.4. The number of nitrogens with zero attached hydrogens (tertiary/aromatic N) is 4. The van der Waals surface area contributed by atoms with Gasteiger partial charge < -0.3 is 24.1 Å². The molecule has 1 fully saturated rings. The molecule has 0 aromatic carbocycles. The maximum atomic E-state index is 11.2. The highest BCUT2D eigenvalue weighted by atomic mass is 16.5. The average molecular weight is 950 g/mol. The van der Waals surface area contributed by atoms with Crippen molar-refractivity contribution in [1.82, 2.24) is 19.6 Å². The Bertz CT molecular complexity index is 877. The van der Waals surface area contributed by atoms with Crippen molar-refractivity contribution in [2.45, 2.75) is 279 Å². The molecule has 0 atom stereocenters. The van der Waals surface area contributed by atoms with Crippen molar-refractivity contribution in [2.24, 2.45) is 5.92 Å². The third kappa shape index (κ3) is 54.3. The lowest BCUT2D eigenvalue weighted by Crippen LogP contribution is -2.37. The van der Waals surface area contributed by atoms with Crippen LogP contribution in [0.15, 0.2) is 0 Å². The topological polar surface area (TPSA) is 56.3 Å². The molecule has 0 unspecified atom stereocenters. The van der Waals surface area contributed by atoms with Gasteiger partial charge in [-0.25, -0.2) is 0 Å². The van der Waals surface area contributed by atoms with Crippen LogP contribution in [-0.4, -0.2) is 125 Å². The van der Waals surface area contributed by atoms with Gasteiger partial charge in [0.15, 0.2) is 0 Å². The van der Waals surface area contributed by atoms with Gasteiger partial charge in [0.2, 0.25) is 0 Å². The normalized spacial score (nSPS) is 13.3. The Kier molecular flexibility index (Phi) is 60.5. The van der Waals surface area contributed by atoms with E-state index >= 15 is 0 Å². The van der Waals surface area contributed by atoms with Gasteiger partial charge in [-0.15, -0.1) is 0 Å². The van der Waals surface area contributed by atoms with Crippen LogP contribution >= 0.6 is 0 Å². The lowest BCUT2D eigenvalue weighted by atomic mass is 9.94. The molecule has 0 saturated carbocycles. The Morgan fingerprint density at radius 2 is 0.642 bits per heavy atom. The summed E-state index contributed by atoms with van der Waals surface area (Å²) in [6, 6.07) is 0. The van der Waals surface area contributed by atoms with Gasteiger partial charge in [-0.2, -0.15) is 0 Å². The van der Waals surface area contributed by atoms with Gasteiger partial charge in [0, 0.05) is 26.8 Å². The molecule has 7 heteroatoms. The van der Waals surface area contributed by atoms with Crippen molar-refractivity contribution in [2.75, 3.05) is 92.8 Å². The number of hydrogen-bond donors (Lipinski definition) is 0. The maximum Gasteiger partial charge on any atom is 0.133 e. The lowest BCUT2D eigenvalue weighted by Gasteiger charge is -2.28.